The average Bonchev–Trinajstić information content (AvgIpc) is 3.25. The minimum absolute atomic E-state index is 0.0710. The predicted octanol–water partition coefficient (Wildman–Crippen LogP) is 3.64. The molecule has 1 unspecified atom stereocenters. The Morgan fingerprint density at radius 2 is 1.76 bits per heavy atom. The smallest absolute Gasteiger partial charge is 0.243 e. The van der Waals surface area contributed by atoms with Crippen LogP contribution in [0.2, 0.25) is 0 Å². The SMILES string of the molecule is CCC(=O)Nc1cccc(NC(=O)CNc2ccc(OCC3CCCO3)cc2)c1. The van der Waals surface area contributed by atoms with E-state index in [0.717, 1.165) is 30.9 Å². The Labute approximate surface area is 170 Å². The summed E-state index contributed by atoms with van der Waals surface area (Å²) in [6.45, 7) is 3.29. The van der Waals surface area contributed by atoms with Gasteiger partial charge in [0.2, 0.25) is 11.8 Å². The second-order valence-electron chi connectivity index (χ2n) is 6.85. The van der Waals surface area contributed by atoms with Crippen LogP contribution >= 0.6 is 0 Å². The highest BCUT2D eigenvalue weighted by Crippen LogP contribution is 2.19. The number of rotatable bonds is 9. The van der Waals surface area contributed by atoms with Gasteiger partial charge in [0.25, 0.3) is 0 Å². The molecule has 1 aliphatic rings. The van der Waals surface area contributed by atoms with E-state index in [1.54, 1.807) is 31.2 Å². The first-order valence-electron chi connectivity index (χ1n) is 9.90. The zero-order chi connectivity index (χ0) is 20.5. The largest absolute Gasteiger partial charge is 0.491 e. The van der Waals surface area contributed by atoms with Gasteiger partial charge in [0.1, 0.15) is 12.4 Å². The van der Waals surface area contributed by atoms with E-state index in [2.05, 4.69) is 16.0 Å². The molecule has 0 saturated carbocycles. The van der Waals surface area contributed by atoms with Crippen molar-refractivity contribution in [2.24, 2.45) is 0 Å². The van der Waals surface area contributed by atoms with Crippen molar-refractivity contribution in [3.8, 4) is 5.75 Å². The van der Waals surface area contributed by atoms with Gasteiger partial charge in [0.05, 0.1) is 12.6 Å². The minimum atomic E-state index is -0.178. The predicted molar refractivity (Wildman–Crippen MR) is 113 cm³/mol. The van der Waals surface area contributed by atoms with Gasteiger partial charge in [-0.1, -0.05) is 13.0 Å². The number of benzene rings is 2. The highest BCUT2D eigenvalue weighted by molar-refractivity contribution is 5.95. The van der Waals surface area contributed by atoms with Gasteiger partial charge < -0.3 is 25.4 Å². The summed E-state index contributed by atoms with van der Waals surface area (Å²) in [5.41, 5.74) is 2.11. The van der Waals surface area contributed by atoms with Crippen LogP contribution in [0.15, 0.2) is 48.5 Å². The normalized spacial score (nSPS) is 15.6. The molecule has 7 nitrogen and oxygen atoms in total. The molecule has 0 aromatic heterocycles. The van der Waals surface area contributed by atoms with Crippen LogP contribution in [0.3, 0.4) is 0 Å². The fourth-order valence-corrected chi connectivity index (χ4v) is 2.95. The zero-order valence-corrected chi connectivity index (χ0v) is 16.6. The van der Waals surface area contributed by atoms with Gasteiger partial charge in [0.15, 0.2) is 0 Å². The fraction of sp³-hybridized carbons (Fsp3) is 0.364. The van der Waals surface area contributed by atoms with Crippen molar-refractivity contribution in [2.75, 3.05) is 35.7 Å². The molecular formula is C22H27N3O4. The van der Waals surface area contributed by atoms with E-state index < -0.39 is 0 Å². The summed E-state index contributed by atoms with van der Waals surface area (Å²) in [5.74, 6) is 0.530. The van der Waals surface area contributed by atoms with E-state index in [1.165, 1.54) is 0 Å². The van der Waals surface area contributed by atoms with Crippen molar-refractivity contribution in [1.29, 1.82) is 0 Å². The van der Waals surface area contributed by atoms with Crippen molar-refractivity contribution < 1.29 is 19.1 Å². The molecular weight excluding hydrogens is 370 g/mol. The van der Waals surface area contributed by atoms with Crippen LogP contribution in [0.25, 0.3) is 0 Å². The number of hydrogen-bond donors (Lipinski definition) is 3. The van der Waals surface area contributed by atoms with Crippen LogP contribution in [-0.2, 0) is 14.3 Å². The molecule has 1 aliphatic heterocycles. The summed E-state index contributed by atoms with van der Waals surface area (Å²) in [5, 5.41) is 8.67. The molecule has 1 atom stereocenters. The number of ether oxygens (including phenoxy) is 2. The molecule has 0 radical (unpaired) electrons. The molecule has 3 N–H and O–H groups in total. The number of anilines is 3. The number of hydrogen-bond acceptors (Lipinski definition) is 5. The maximum absolute atomic E-state index is 12.2. The molecule has 2 amide bonds. The maximum Gasteiger partial charge on any atom is 0.243 e. The van der Waals surface area contributed by atoms with Gasteiger partial charge in [-0.15, -0.1) is 0 Å². The molecule has 2 aromatic rings. The van der Waals surface area contributed by atoms with E-state index >= 15 is 0 Å². The lowest BCUT2D eigenvalue weighted by atomic mass is 10.2. The van der Waals surface area contributed by atoms with Crippen LogP contribution in [0.4, 0.5) is 17.1 Å². The molecule has 1 saturated heterocycles. The van der Waals surface area contributed by atoms with Crippen LogP contribution in [0, 0.1) is 0 Å². The molecule has 1 heterocycles. The molecule has 29 heavy (non-hydrogen) atoms. The van der Waals surface area contributed by atoms with Crippen molar-refractivity contribution in [1.82, 2.24) is 0 Å². The Bertz CT molecular complexity index is 817. The van der Waals surface area contributed by atoms with Crippen molar-refractivity contribution >= 4 is 28.9 Å². The third-order valence-electron chi connectivity index (χ3n) is 4.52. The number of amides is 2. The zero-order valence-electron chi connectivity index (χ0n) is 16.6. The van der Waals surface area contributed by atoms with Crippen LogP contribution in [0.5, 0.6) is 5.75 Å². The Balaban J connectivity index is 1.43. The Kier molecular flexibility index (Phi) is 7.47. The second kappa shape index (κ2) is 10.5. The van der Waals surface area contributed by atoms with Crippen LogP contribution in [0.1, 0.15) is 26.2 Å². The summed E-state index contributed by atoms with van der Waals surface area (Å²) in [6.07, 6.45) is 2.73. The standard InChI is InChI=1S/C22H27N3O4/c1-2-21(26)24-17-5-3-6-18(13-17)25-22(27)14-23-16-8-10-19(11-9-16)29-15-20-7-4-12-28-20/h3,5-6,8-11,13,20,23H,2,4,7,12,14-15H2,1H3,(H,24,26)(H,25,27). The highest BCUT2D eigenvalue weighted by atomic mass is 16.5. The summed E-state index contributed by atoms with van der Waals surface area (Å²) in [7, 11) is 0. The molecule has 2 aromatic carbocycles. The van der Waals surface area contributed by atoms with Gasteiger partial charge in [-0.25, -0.2) is 0 Å². The van der Waals surface area contributed by atoms with Crippen molar-refractivity contribution in [2.45, 2.75) is 32.3 Å². The Morgan fingerprint density at radius 1 is 1.03 bits per heavy atom. The maximum atomic E-state index is 12.2. The third kappa shape index (κ3) is 6.80. The summed E-state index contributed by atoms with van der Waals surface area (Å²) < 4.78 is 11.3. The average molecular weight is 397 g/mol. The van der Waals surface area contributed by atoms with Crippen molar-refractivity contribution in [3.63, 3.8) is 0 Å². The molecule has 154 valence electrons. The number of carbonyl (C=O) groups is 2. The van der Waals surface area contributed by atoms with Crippen LogP contribution < -0.4 is 20.7 Å². The van der Waals surface area contributed by atoms with E-state index in [1.807, 2.05) is 24.3 Å². The molecule has 0 aliphatic carbocycles. The molecule has 7 heteroatoms. The lowest BCUT2D eigenvalue weighted by Gasteiger charge is -2.12. The Morgan fingerprint density at radius 3 is 2.41 bits per heavy atom. The molecule has 0 spiro atoms. The molecule has 1 fully saturated rings. The number of nitrogens with one attached hydrogen (secondary N) is 3. The van der Waals surface area contributed by atoms with Gasteiger partial charge >= 0.3 is 0 Å². The lowest BCUT2D eigenvalue weighted by Crippen LogP contribution is -2.21. The first-order valence-corrected chi connectivity index (χ1v) is 9.90. The highest BCUT2D eigenvalue weighted by Gasteiger charge is 2.15. The topological polar surface area (TPSA) is 88.7 Å². The van der Waals surface area contributed by atoms with Gasteiger partial charge in [-0.3, -0.25) is 9.59 Å². The van der Waals surface area contributed by atoms with Gasteiger partial charge in [0, 0.05) is 30.1 Å². The Hall–Kier alpha value is -3.06. The van der Waals surface area contributed by atoms with E-state index in [9.17, 15) is 9.59 Å². The quantitative estimate of drug-likeness (QED) is 0.601. The molecule has 0 bridgehead atoms. The first-order chi connectivity index (χ1) is 14.1. The van der Waals surface area contributed by atoms with Gasteiger partial charge in [-0.05, 0) is 55.3 Å². The van der Waals surface area contributed by atoms with E-state index in [-0.39, 0.29) is 24.5 Å². The van der Waals surface area contributed by atoms with E-state index in [4.69, 9.17) is 9.47 Å². The minimum Gasteiger partial charge on any atom is -0.491 e. The third-order valence-corrected chi connectivity index (χ3v) is 4.52. The van der Waals surface area contributed by atoms with Crippen LogP contribution in [-0.4, -0.2) is 37.7 Å². The summed E-state index contributed by atoms with van der Waals surface area (Å²) >= 11 is 0. The lowest BCUT2D eigenvalue weighted by molar-refractivity contribution is -0.116. The van der Waals surface area contributed by atoms with Crippen molar-refractivity contribution in [3.05, 3.63) is 48.5 Å². The second-order valence-corrected chi connectivity index (χ2v) is 6.85. The summed E-state index contributed by atoms with van der Waals surface area (Å²) in [6, 6.07) is 14.6. The van der Waals surface area contributed by atoms with E-state index in [0.29, 0.717) is 24.4 Å². The van der Waals surface area contributed by atoms with Gasteiger partial charge in [-0.2, -0.15) is 0 Å². The number of carbonyl (C=O) groups excluding carboxylic acids is 2. The molecule has 3 rings (SSSR count). The first kappa shape index (κ1) is 20.7. The fourth-order valence-electron chi connectivity index (χ4n) is 2.95. The summed E-state index contributed by atoms with van der Waals surface area (Å²) in [4.78, 5) is 23.7. The monoisotopic (exact) mass is 397 g/mol.